The highest BCUT2D eigenvalue weighted by Gasteiger charge is 2.28. The SMILES string of the molecule is Cc1ccc(CN(C)C)cc1NC(=O)C(C)C1CNC1.Cl.Cl. The van der Waals surface area contributed by atoms with E-state index in [2.05, 4.69) is 33.7 Å². The molecule has 1 heterocycles. The van der Waals surface area contributed by atoms with E-state index < -0.39 is 0 Å². The zero-order valence-electron chi connectivity index (χ0n) is 13.7. The Bertz CT molecular complexity index is 490. The van der Waals surface area contributed by atoms with Gasteiger partial charge in [0.05, 0.1) is 0 Å². The van der Waals surface area contributed by atoms with Crippen molar-refractivity contribution in [2.45, 2.75) is 20.4 Å². The van der Waals surface area contributed by atoms with Gasteiger partial charge in [-0.2, -0.15) is 0 Å². The number of nitrogens with zero attached hydrogens (tertiary/aromatic N) is 1. The van der Waals surface area contributed by atoms with Crippen LogP contribution in [0.4, 0.5) is 5.69 Å². The van der Waals surface area contributed by atoms with Gasteiger partial charge in [0.25, 0.3) is 0 Å². The summed E-state index contributed by atoms with van der Waals surface area (Å²) >= 11 is 0. The van der Waals surface area contributed by atoms with Crippen LogP contribution in [0, 0.1) is 18.8 Å². The number of hydrogen-bond acceptors (Lipinski definition) is 3. The van der Waals surface area contributed by atoms with Crippen LogP contribution in [0.15, 0.2) is 18.2 Å². The lowest BCUT2D eigenvalue weighted by Crippen LogP contribution is -2.48. The van der Waals surface area contributed by atoms with Crippen molar-refractivity contribution in [3.05, 3.63) is 29.3 Å². The fourth-order valence-corrected chi connectivity index (χ4v) is 2.39. The Kier molecular flexibility index (Phi) is 9.01. The minimum atomic E-state index is 0. The smallest absolute Gasteiger partial charge is 0.227 e. The topological polar surface area (TPSA) is 44.4 Å². The van der Waals surface area contributed by atoms with Crippen LogP contribution in [0.25, 0.3) is 0 Å². The highest BCUT2D eigenvalue weighted by molar-refractivity contribution is 5.93. The van der Waals surface area contributed by atoms with Crippen LogP contribution >= 0.6 is 24.8 Å². The molecule has 1 fully saturated rings. The number of rotatable bonds is 5. The van der Waals surface area contributed by atoms with Crippen LogP contribution in [-0.4, -0.2) is 38.0 Å². The van der Waals surface area contributed by atoms with E-state index in [1.807, 2.05) is 27.9 Å². The van der Waals surface area contributed by atoms with Gasteiger partial charge in [-0.3, -0.25) is 4.79 Å². The molecule has 0 saturated carbocycles. The molecule has 4 nitrogen and oxygen atoms in total. The van der Waals surface area contributed by atoms with Crippen LogP contribution in [0.3, 0.4) is 0 Å². The molecule has 1 aromatic carbocycles. The summed E-state index contributed by atoms with van der Waals surface area (Å²) in [4.78, 5) is 14.4. The fraction of sp³-hybridized carbons (Fsp3) is 0.562. The summed E-state index contributed by atoms with van der Waals surface area (Å²) in [5.41, 5.74) is 3.27. The van der Waals surface area contributed by atoms with E-state index in [0.717, 1.165) is 30.9 Å². The third-order valence-corrected chi connectivity index (χ3v) is 3.99. The monoisotopic (exact) mass is 347 g/mol. The van der Waals surface area contributed by atoms with Gasteiger partial charge < -0.3 is 15.5 Å². The first kappa shape index (κ1) is 21.2. The molecule has 1 saturated heterocycles. The van der Waals surface area contributed by atoms with E-state index in [1.54, 1.807) is 0 Å². The molecule has 1 unspecified atom stereocenters. The molecule has 1 atom stereocenters. The van der Waals surface area contributed by atoms with Crippen molar-refractivity contribution < 1.29 is 4.79 Å². The molecule has 0 spiro atoms. The van der Waals surface area contributed by atoms with E-state index in [9.17, 15) is 4.79 Å². The predicted molar refractivity (Wildman–Crippen MR) is 97.2 cm³/mol. The molecule has 126 valence electrons. The highest BCUT2D eigenvalue weighted by Crippen LogP contribution is 2.21. The van der Waals surface area contributed by atoms with Crippen molar-refractivity contribution in [3.8, 4) is 0 Å². The average molecular weight is 348 g/mol. The van der Waals surface area contributed by atoms with Crippen molar-refractivity contribution in [2.75, 3.05) is 32.5 Å². The third kappa shape index (κ3) is 5.43. The van der Waals surface area contributed by atoms with Crippen LogP contribution in [0.2, 0.25) is 0 Å². The lowest BCUT2D eigenvalue weighted by Gasteiger charge is -2.31. The molecular formula is C16H27Cl2N3O. The number of benzene rings is 1. The number of aryl methyl sites for hydroxylation is 1. The average Bonchev–Trinajstić information content (AvgIpc) is 2.30. The van der Waals surface area contributed by atoms with Gasteiger partial charge in [-0.05, 0) is 57.2 Å². The van der Waals surface area contributed by atoms with Gasteiger partial charge in [-0.1, -0.05) is 19.1 Å². The Morgan fingerprint density at radius 3 is 2.50 bits per heavy atom. The maximum absolute atomic E-state index is 12.3. The second kappa shape index (κ2) is 9.36. The number of carbonyl (C=O) groups is 1. The molecule has 2 rings (SSSR count). The van der Waals surface area contributed by atoms with E-state index >= 15 is 0 Å². The quantitative estimate of drug-likeness (QED) is 0.860. The molecule has 1 amide bonds. The second-order valence-electron chi connectivity index (χ2n) is 6.08. The molecule has 1 aromatic rings. The van der Waals surface area contributed by atoms with Gasteiger partial charge in [0, 0.05) is 18.2 Å². The van der Waals surface area contributed by atoms with Crippen molar-refractivity contribution in [1.82, 2.24) is 10.2 Å². The first-order valence-corrected chi connectivity index (χ1v) is 7.23. The van der Waals surface area contributed by atoms with E-state index in [0.29, 0.717) is 5.92 Å². The third-order valence-electron chi connectivity index (χ3n) is 3.99. The maximum Gasteiger partial charge on any atom is 0.227 e. The number of carbonyl (C=O) groups excluding carboxylic acids is 1. The normalized spacial score (nSPS) is 15.3. The fourth-order valence-electron chi connectivity index (χ4n) is 2.39. The predicted octanol–water partition coefficient (Wildman–Crippen LogP) is 2.69. The van der Waals surface area contributed by atoms with E-state index in [4.69, 9.17) is 0 Å². The first-order chi connectivity index (χ1) is 9.47. The number of amides is 1. The summed E-state index contributed by atoms with van der Waals surface area (Å²) in [5, 5.41) is 6.30. The molecule has 0 bridgehead atoms. The molecule has 22 heavy (non-hydrogen) atoms. The summed E-state index contributed by atoms with van der Waals surface area (Å²) in [6.07, 6.45) is 0. The molecule has 0 aromatic heterocycles. The van der Waals surface area contributed by atoms with Gasteiger partial charge in [-0.25, -0.2) is 0 Å². The Balaban J connectivity index is 0.00000220. The molecule has 1 aliphatic rings. The zero-order chi connectivity index (χ0) is 14.7. The second-order valence-corrected chi connectivity index (χ2v) is 6.08. The van der Waals surface area contributed by atoms with E-state index in [1.165, 1.54) is 5.56 Å². The van der Waals surface area contributed by atoms with Crippen molar-refractivity contribution in [1.29, 1.82) is 0 Å². The minimum absolute atomic E-state index is 0. The standard InChI is InChI=1S/C16H25N3O.2ClH/c1-11-5-6-13(10-19(3)4)7-15(11)18-16(20)12(2)14-8-17-9-14;;/h5-7,12,14,17H,8-10H2,1-4H3,(H,18,20);2*1H. The molecule has 0 aliphatic carbocycles. The summed E-state index contributed by atoms with van der Waals surface area (Å²) in [6.45, 7) is 6.83. The lowest BCUT2D eigenvalue weighted by atomic mass is 9.88. The van der Waals surface area contributed by atoms with Crippen molar-refractivity contribution >= 4 is 36.4 Å². The summed E-state index contributed by atoms with van der Waals surface area (Å²) in [5.74, 6) is 0.662. The Morgan fingerprint density at radius 1 is 1.36 bits per heavy atom. The molecular weight excluding hydrogens is 321 g/mol. The molecule has 1 aliphatic heterocycles. The van der Waals surface area contributed by atoms with Gasteiger partial charge in [0.1, 0.15) is 0 Å². The lowest BCUT2D eigenvalue weighted by molar-refractivity contribution is -0.121. The van der Waals surface area contributed by atoms with Crippen molar-refractivity contribution in [2.24, 2.45) is 11.8 Å². The highest BCUT2D eigenvalue weighted by atomic mass is 35.5. The Hall–Kier alpha value is -0.810. The van der Waals surface area contributed by atoms with Gasteiger partial charge in [0.15, 0.2) is 0 Å². The summed E-state index contributed by atoms with van der Waals surface area (Å²) in [6, 6.07) is 6.27. The van der Waals surface area contributed by atoms with E-state index in [-0.39, 0.29) is 36.6 Å². The van der Waals surface area contributed by atoms with Crippen molar-refractivity contribution in [3.63, 3.8) is 0 Å². The maximum atomic E-state index is 12.3. The summed E-state index contributed by atoms with van der Waals surface area (Å²) in [7, 11) is 4.09. The van der Waals surface area contributed by atoms with Gasteiger partial charge in [0.2, 0.25) is 5.91 Å². The van der Waals surface area contributed by atoms with Crippen LogP contribution < -0.4 is 10.6 Å². The first-order valence-electron chi connectivity index (χ1n) is 7.23. The molecule has 2 N–H and O–H groups in total. The van der Waals surface area contributed by atoms with Crippen LogP contribution in [0.1, 0.15) is 18.1 Å². The number of hydrogen-bond donors (Lipinski definition) is 2. The largest absolute Gasteiger partial charge is 0.326 e. The van der Waals surface area contributed by atoms with Crippen LogP contribution in [0.5, 0.6) is 0 Å². The zero-order valence-corrected chi connectivity index (χ0v) is 15.3. The molecule has 0 radical (unpaired) electrons. The Labute approximate surface area is 145 Å². The number of nitrogens with one attached hydrogen (secondary N) is 2. The van der Waals surface area contributed by atoms with Gasteiger partial charge in [-0.15, -0.1) is 24.8 Å². The Morgan fingerprint density at radius 2 is 2.00 bits per heavy atom. The molecule has 6 heteroatoms. The van der Waals surface area contributed by atoms with Gasteiger partial charge >= 0.3 is 0 Å². The number of anilines is 1. The number of halogens is 2. The summed E-state index contributed by atoms with van der Waals surface area (Å²) < 4.78 is 0. The minimum Gasteiger partial charge on any atom is -0.326 e. The van der Waals surface area contributed by atoms with Crippen LogP contribution in [-0.2, 0) is 11.3 Å².